The van der Waals surface area contributed by atoms with Crippen molar-refractivity contribution >= 4 is 41.3 Å². The summed E-state index contributed by atoms with van der Waals surface area (Å²) in [6.45, 7) is 3.95. The van der Waals surface area contributed by atoms with Crippen molar-refractivity contribution in [2.75, 3.05) is 26.7 Å². The third-order valence-electron chi connectivity index (χ3n) is 5.30. The van der Waals surface area contributed by atoms with Crippen LogP contribution in [0.1, 0.15) is 29.3 Å². The zero-order chi connectivity index (χ0) is 19.9. The molecule has 3 aromatic rings. The summed E-state index contributed by atoms with van der Waals surface area (Å²) in [5.74, 6) is 0.835. The van der Waals surface area contributed by atoms with Gasteiger partial charge in [-0.15, -0.1) is 35.3 Å². The van der Waals surface area contributed by atoms with E-state index in [1.54, 1.807) is 6.20 Å². The first kappa shape index (κ1) is 22.8. The summed E-state index contributed by atoms with van der Waals surface area (Å²) in [5, 5.41) is 13.4. The molecular weight excluding hydrogens is 507 g/mol. The fraction of sp³-hybridized carbons (Fsp3) is 0.364. The van der Waals surface area contributed by atoms with Crippen molar-refractivity contribution in [3.8, 4) is 5.69 Å². The minimum atomic E-state index is 0. The average Bonchev–Trinajstić information content (AvgIpc) is 3.54. The van der Waals surface area contributed by atoms with Crippen LogP contribution in [0.4, 0.5) is 0 Å². The Morgan fingerprint density at radius 1 is 1.13 bits per heavy atom. The molecule has 1 saturated heterocycles. The highest BCUT2D eigenvalue weighted by Crippen LogP contribution is 2.27. The summed E-state index contributed by atoms with van der Waals surface area (Å²) >= 11 is 1.84. The number of hydrogen-bond donors (Lipinski definition) is 2. The van der Waals surface area contributed by atoms with Crippen LogP contribution in [0.5, 0.6) is 0 Å². The second kappa shape index (κ2) is 11.5. The van der Waals surface area contributed by atoms with E-state index in [4.69, 9.17) is 0 Å². The Labute approximate surface area is 199 Å². The fourth-order valence-electron chi connectivity index (χ4n) is 3.73. The third kappa shape index (κ3) is 5.83. The van der Waals surface area contributed by atoms with E-state index in [0.29, 0.717) is 6.04 Å². The van der Waals surface area contributed by atoms with Crippen LogP contribution in [0.2, 0.25) is 0 Å². The SMILES string of the molecule is CN=C(NCc1ccc(-n2cccn2)cc1)NCC(c1cccs1)N1CCCC1.I. The number of rotatable bonds is 7. The van der Waals surface area contributed by atoms with Crippen LogP contribution in [-0.4, -0.2) is 47.3 Å². The largest absolute Gasteiger partial charge is 0.354 e. The van der Waals surface area contributed by atoms with Crippen LogP contribution in [-0.2, 0) is 6.54 Å². The molecule has 160 valence electrons. The lowest BCUT2D eigenvalue weighted by Crippen LogP contribution is -2.42. The molecule has 0 radical (unpaired) electrons. The highest BCUT2D eigenvalue weighted by atomic mass is 127. The molecule has 8 heteroatoms. The van der Waals surface area contributed by atoms with Crippen LogP contribution in [0, 0.1) is 0 Å². The normalized spacial score (nSPS) is 15.6. The summed E-state index contributed by atoms with van der Waals surface area (Å²) in [7, 11) is 1.83. The summed E-state index contributed by atoms with van der Waals surface area (Å²) in [5.41, 5.74) is 2.27. The van der Waals surface area contributed by atoms with Gasteiger partial charge in [0, 0.05) is 37.4 Å². The molecule has 1 aromatic carbocycles. The maximum absolute atomic E-state index is 4.41. The number of benzene rings is 1. The zero-order valence-corrected chi connectivity index (χ0v) is 20.3. The van der Waals surface area contributed by atoms with E-state index < -0.39 is 0 Å². The maximum atomic E-state index is 4.41. The number of aliphatic imine (C=N–C) groups is 1. The molecule has 0 bridgehead atoms. The molecule has 30 heavy (non-hydrogen) atoms. The van der Waals surface area contributed by atoms with Crippen LogP contribution < -0.4 is 10.6 Å². The predicted molar refractivity (Wildman–Crippen MR) is 135 cm³/mol. The first-order valence-corrected chi connectivity index (χ1v) is 11.0. The summed E-state index contributed by atoms with van der Waals surface area (Å²) in [6, 6.07) is 15.1. The molecule has 3 heterocycles. The van der Waals surface area contributed by atoms with E-state index in [-0.39, 0.29) is 24.0 Å². The van der Waals surface area contributed by atoms with Crippen molar-refractivity contribution in [2.45, 2.75) is 25.4 Å². The topological polar surface area (TPSA) is 57.5 Å². The lowest BCUT2D eigenvalue weighted by molar-refractivity contribution is 0.249. The molecule has 1 fully saturated rings. The Morgan fingerprint density at radius 3 is 2.57 bits per heavy atom. The predicted octanol–water partition coefficient (Wildman–Crippen LogP) is 4.05. The van der Waals surface area contributed by atoms with Crippen molar-refractivity contribution in [1.82, 2.24) is 25.3 Å². The number of aromatic nitrogens is 2. The van der Waals surface area contributed by atoms with Crippen LogP contribution in [0.3, 0.4) is 0 Å². The van der Waals surface area contributed by atoms with E-state index in [1.165, 1.54) is 36.4 Å². The average molecular weight is 536 g/mol. The van der Waals surface area contributed by atoms with E-state index in [9.17, 15) is 0 Å². The number of nitrogens with zero attached hydrogens (tertiary/aromatic N) is 4. The number of nitrogens with one attached hydrogen (secondary N) is 2. The molecule has 0 amide bonds. The minimum absolute atomic E-state index is 0. The molecule has 0 aliphatic carbocycles. The first-order chi connectivity index (χ1) is 14.3. The standard InChI is InChI=1S/C22H28N6S.HI/c1-23-22(24-16-18-7-9-19(10-8-18)28-14-5-11-26-28)25-17-20(21-6-4-15-29-21)27-12-2-3-13-27;/h4-11,14-15,20H,2-3,12-13,16-17H2,1H3,(H2,23,24,25);1H. The van der Waals surface area contributed by atoms with Crippen LogP contribution in [0.15, 0.2) is 65.2 Å². The Morgan fingerprint density at radius 2 is 1.93 bits per heavy atom. The number of halogens is 1. The highest BCUT2D eigenvalue weighted by molar-refractivity contribution is 14.0. The van der Waals surface area contributed by atoms with E-state index in [1.807, 2.05) is 35.3 Å². The van der Waals surface area contributed by atoms with Gasteiger partial charge in [0.25, 0.3) is 0 Å². The lowest BCUT2D eigenvalue weighted by atomic mass is 10.2. The van der Waals surface area contributed by atoms with Crippen molar-refractivity contribution < 1.29 is 0 Å². The zero-order valence-electron chi connectivity index (χ0n) is 17.2. The summed E-state index contributed by atoms with van der Waals surface area (Å²) in [6.07, 6.45) is 6.33. The molecule has 4 rings (SSSR count). The van der Waals surface area contributed by atoms with Gasteiger partial charge in [0.1, 0.15) is 0 Å². The summed E-state index contributed by atoms with van der Waals surface area (Å²) in [4.78, 5) is 8.41. The van der Waals surface area contributed by atoms with Gasteiger partial charge in [-0.25, -0.2) is 4.68 Å². The van der Waals surface area contributed by atoms with Crippen molar-refractivity contribution in [2.24, 2.45) is 4.99 Å². The van der Waals surface area contributed by atoms with Crippen LogP contribution >= 0.6 is 35.3 Å². The Balaban J connectivity index is 0.00000256. The molecule has 6 nitrogen and oxygen atoms in total. The fourth-order valence-corrected chi connectivity index (χ4v) is 4.59. The summed E-state index contributed by atoms with van der Waals surface area (Å²) < 4.78 is 1.86. The minimum Gasteiger partial charge on any atom is -0.354 e. The molecule has 2 N–H and O–H groups in total. The van der Waals surface area contributed by atoms with E-state index >= 15 is 0 Å². The number of likely N-dealkylation sites (tertiary alicyclic amines) is 1. The highest BCUT2D eigenvalue weighted by Gasteiger charge is 2.24. The van der Waals surface area contributed by atoms with Crippen molar-refractivity contribution in [3.63, 3.8) is 0 Å². The number of thiophene rings is 1. The van der Waals surface area contributed by atoms with Gasteiger partial charge in [-0.1, -0.05) is 18.2 Å². The monoisotopic (exact) mass is 536 g/mol. The first-order valence-electron chi connectivity index (χ1n) is 10.1. The number of guanidine groups is 1. The molecule has 0 spiro atoms. The Kier molecular flexibility index (Phi) is 8.71. The van der Waals surface area contributed by atoms with Crippen molar-refractivity contribution in [3.05, 3.63) is 70.7 Å². The van der Waals surface area contributed by atoms with Crippen LogP contribution in [0.25, 0.3) is 5.69 Å². The Hall–Kier alpha value is -1.91. The van der Waals surface area contributed by atoms with Gasteiger partial charge in [-0.3, -0.25) is 9.89 Å². The van der Waals surface area contributed by atoms with E-state index in [2.05, 4.69) is 67.4 Å². The lowest BCUT2D eigenvalue weighted by Gasteiger charge is -2.27. The molecule has 1 aliphatic rings. The van der Waals surface area contributed by atoms with Gasteiger partial charge in [-0.05, 0) is 61.1 Å². The maximum Gasteiger partial charge on any atom is 0.191 e. The molecule has 0 saturated carbocycles. The molecule has 1 unspecified atom stereocenters. The van der Waals surface area contributed by atoms with Crippen molar-refractivity contribution in [1.29, 1.82) is 0 Å². The number of hydrogen-bond acceptors (Lipinski definition) is 4. The van der Waals surface area contributed by atoms with Gasteiger partial charge < -0.3 is 10.6 Å². The third-order valence-corrected chi connectivity index (χ3v) is 6.28. The van der Waals surface area contributed by atoms with Gasteiger partial charge >= 0.3 is 0 Å². The molecular formula is C22H29IN6S. The molecule has 2 aromatic heterocycles. The smallest absolute Gasteiger partial charge is 0.191 e. The molecule has 1 aliphatic heterocycles. The quantitative estimate of drug-likeness (QED) is 0.272. The van der Waals surface area contributed by atoms with Gasteiger partial charge in [0.2, 0.25) is 0 Å². The second-order valence-corrected chi connectivity index (χ2v) is 8.18. The van der Waals surface area contributed by atoms with E-state index in [0.717, 1.165) is 24.7 Å². The van der Waals surface area contributed by atoms with Gasteiger partial charge in [0.15, 0.2) is 5.96 Å². The second-order valence-electron chi connectivity index (χ2n) is 7.20. The Bertz CT molecular complexity index is 886. The molecule has 1 atom stereocenters. The van der Waals surface area contributed by atoms with Gasteiger partial charge in [0.05, 0.1) is 11.7 Å². The van der Waals surface area contributed by atoms with Gasteiger partial charge in [-0.2, -0.15) is 5.10 Å².